The zero-order valence-corrected chi connectivity index (χ0v) is 16.2. The Hall–Kier alpha value is -2.34. The van der Waals surface area contributed by atoms with E-state index in [2.05, 4.69) is 21.2 Å². The number of amides is 2. The molecule has 0 saturated carbocycles. The van der Waals surface area contributed by atoms with Crippen LogP contribution in [-0.2, 0) is 0 Å². The summed E-state index contributed by atoms with van der Waals surface area (Å²) in [5, 5.41) is 2.86. The molecule has 1 aliphatic heterocycles. The second kappa shape index (κ2) is 8.36. The van der Waals surface area contributed by atoms with Crippen LogP contribution in [0.3, 0.4) is 0 Å². The first-order valence-electron chi connectivity index (χ1n) is 8.72. The minimum absolute atomic E-state index is 0.0359. The number of likely N-dealkylation sites (tertiary alicyclic amines) is 1. The molecule has 0 bridgehead atoms. The van der Waals surface area contributed by atoms with Gasteiger partial charge in [0, 0.05) is 18.7 Å². The first kappa shape index (κ1) is 18.5. The highest BCUT2D eigenvalue weighted by Gasteiger charge is 2.22. The molecule has 0 spiro atoms. The summed E-state index contributed by atoms with van der Waals surface area (Å²) in [7, 11) is 0. The molecular weight excluding hydrogens is 396 g/mol. The van der Waals surface area contributed by atoms with Crippen LogP contribution in [0.2, 0.25) is 0 Å². The van der Waals surface area contributed by atoms with Crippen LogP contribution in [0.4, 0.5) is 5.69 Å². The molecular formula is C20H21BrN2O3. The highest BCUT2D eigenvalue weighted by molar-refractivity contribution is 9.10. The average Bonchev–Trinajstić information content (AvgIpc) is 3.18. The summed E-state index contributed by atoms with van der Waals surface area (Å²) in [6.07, 6.45) is 2.06. The van der Waals surface area contributed by atoms with Crippen LogP contribution >= 0.6 is 15.9 Å². The zero-order valence-electron chi connectivity index (χ0n) is 14.6. The SMILES string of the molecule is CCOc1ccc(C(=O)Nc2ccccc2C(=O)N2CCCC2)cc1Br. The molecule has 1 saturated heterocycles. The van der Waals surface area contributed by atoms with E-state index in [1.54, 1.807) is 30.3 Å². The lowest BCUT2D eigenvalue weighted by Gasteiger charge is -2.18. The number of hydrogen-bond donors (Lipinski definition) is 1. The number of carbonyl (C=O) groups is 2. The van der Waals surface area contributed by atoms with Gasteiger partial charge in [-0.2, -0.15) is 0 Å². The average molecular weight is 417 g/mol. The highest BCUT2D eigenvalue weighted by atomic mass is 79.9. The third-order valence-corrected chi connectivity index (χ3v) is 4.91. The molecule has 0 atom stereocenters. The smallest absolute Gasteiger partial charge is 0.255 e. The summed E-state index contributed by atoms with van der Waals surface area (Å²) in [5.41, 5.74) is 1.54. The molecule has 1 fully saturated rings. The molecule has 0 unspecified atom stereocenters. The molecule has 2 amide bonds. The van der Waals surface area contributed by atoms with Crippen molar-refractivity contribution >= 4 is 33.4 Å². The molecule has 136 valence electrons. The van der Waals surface area contributed by atoms with Gasteiger partial charge in [0.2, 0.25) is 0 Å². The Labute approximate surface area is 161 Å². The Bertz CT molecular complexity index is 816. The van der Waals surface area contributed by atoms with E-state index in [0.717, 1.165) is 25.9 Å². The van der Waals surface area contributed by atoms with Gasteiger partial charge in [0.15, 0.2) is 0 Å². The minimum Gasteiger partial charge on any atom is -0.493 e. The molecule has 1 N–H and O–H groups in total. The number of carbonyl (C=O) groups excluding carboxylic acids is 2. The molecule has 3 rings (SSSR count). The summed E-state index contributed by atoms with van der Waals surface area (Å²) in [6, 6.07) is 12.3. The Kier molecular flexibility index (Phi) is 5.93. The van der Waals surface area contributed by atoms with E-state index in [1.165, 1.54) is 0 Å². The highest BCUT2D eigenvalue weighted by Crippen LogP contribution is 2.27. The van der Waals surface area contributed by atoms with Gasteiger partial charge in [-0.15, -0.1) is 0 Å². The van der Waals surface area contributed by atoms with Crippen LogP contribution in [0.1, 0.15) is 40.5 Å². The van der Waals surface area contributed by atoms with Crippen LogP contribution in [0, 0.1) is 0 Å². The summed E-state index contributed by atoms with van der Waals surface area (Å²) >= 11 is 3.42. The Balaban J connectivity index is 1.79. The van der Waals surface area contributed by atoms with Crippen molar-refractivity contribution in [3.63, 3.8) is 0 Å². The largest absolute Gasteiger partial charge is 0.493 e. The van der Waals surface area contributed by atoms with Crippen LogP contribution in [0.25, 0.3) is 0 Å². The van der Waals surface area contributed by atoms with E-state index in [4.69, 9.17) is 4.74 Å². The quantitative estimate of drug-likeness (QED) is 0.788. The lowest BCUT2D eigenvalue weighted by atomic mass is 10.1. The van der Waals surface area contributed by atoms with Gasteiger partial charge in [-0.3, -0.25) is 9.59 Å². The van der Waals surface area contributed by atoms with Crippen molar-refractivity contribution in [2.75, 3.05) is 25.0 Å². The molecule has 0 aromatic heterocycles. The van der Waals surface area contributed by atoms with Crippen molar-refractivity contribution in [2.24, 2.45) is 0 Å². The normalized spacial score (nSPS) is 13.5. The molecule has 0 aliphatic carbocycles. The monoisotopic (exact) mass is 416 g/mol. The van der Waals surface area contributed by atoms with Gasteiger partial charge in [0.25, 0.3) is 11.8 Å². The van der Waals surface area contributed by atoms with E-state index in [-0.39, 0.29) is 11.8 Å². The molecule has 1 aliphatic rings. The number of anilines is 1. The van der Waals surface area contributed by atoms with Crippen LogP contribution in [0.15, 0.2) is 46.9 Å². The number of hydrogen-bond acceptors (Lipinski definition) is 3. The fourth-order valence-corrected chi connectivity index (χ4v) is 3.47. The number of nitrogens with one attached hydrogen (secondary N) is 1. The fourth-order valence-electron chi connectivity index (χ4n) is 2.98. The third kappa shape index (κ3) is 4.07. The molecule has 2 aromatic carbocycles. The topological polar surface area (TPSA) is 58.6 Å². The molecule has 6 heteroatoms. The second-order valence-electron chi connectivity index (χ2n) is 6.08. The molecule has 0 radical (unpaired) electrons. The van der Waals surface area contributed by atoms with Crippen molar-refractivity contribution in [3.8, 4) is 5.75 Å². The van der Waals surface area contributed by atoms with Gasteiger partial charge >= 0.3 is 0 Å². The molecule has 26 heavy (non-hydrogen) atoms. The van der Waals surface area contributed by atoms with Crippen molar-refractivity contribution in [1.82, 2.24) is 4.90 Å². The van der Waals surface area contributed by atoms with Crippen molar-refractivity contribution < 1.29 is 14.3 Å². The van der Waals surface area contributed by atoms with Gasteiger partial charge in [-0.05, 0) is 66.0 Å². The number of halogens is 1. The van der Waals surface area contributed by atoms with Gasteiger partial charge in [0.1, 0.15) is 5.75 Å². The summed E-state index contributed by atoms with van der Waals surface area (Å²) < 4.78 is 6.18. The first-order chi connectivity index (χ1) is 12.6. The van der Waals surface area contributed by atoms with E-state index < -0.39 is 0 Å². The molecule has 5 nitrogen and oxygen atoms in total. The maximum atomic E-state index is 12.7. The van der Waals surface area contributed by atoms with E-state index in [9.17, 15) is 9.59 Å². The van der Waals surface area contributed by atoms with E-state index in [1.807, 2.05) is 24.0 Å². The summed E-state index contributed by atoms with van der Waals surface area (Å²) in [4.78, 5) is 27.2. The van der Waals surface area contributed by atoms with Gasteiger partial charge < -0.3 is 15.0 Å². The molecule has 2 aromatic rings. The van der Waals surface area contributed by atoms with Gasteiger partial charge in [-0.25, -0.2) is 0 Å². The standard InChI is InChI=1S/C20H21BrN2O3/c1-2-26-18-10-9-14(13-16(18)21)19(24)22-17-8-4-3-7-15(17)20(25)23-11-5-6-12-23/h3-4,7-10,13H,2,5-6,11-12H2,1H3,(H,22,24). The van der Waals surface area contributed by atoms with Gasteiger partial charge in [-0.1, -0.05) is 12.1 Å². The van der Waals surface area contributed by atoms with E-state index in [0.29, 0.717) is 33.6 Å². The van der Waals surface area contributed by atoms with Crippen LogP contribution in [-0.4, -0.2) is 36.4 Å². The Morgan fingerprint density at radius 3 is 2.58 bits per heavy atom. The Morgan fingerprint density at radius 2 is 1.88 bits per heavy atom. The lowest BCUT2D eigenvalue weighted by molar-refractivity contribution is 0.0794. The van der Waals surface area contributed by atoms with Crippen LogP contribution in [0.5, 0.6) is 5.75 Å². The minimum atomic E-state index is -0.268. The number of ether oxygens (including phenoxy) is 1. The van der Waals surface area contributed by atoms with Gasteiger partial charge in [0.05, 0.1) is 22.3 Å². The van der Waals surface area contributed by atoms with E-state index >= 15 is 0 Å². The van der Waals surface area contributed by atoms with Crippen molar-refractivity contribution in [2.45, 2.75) is 19.8 Å². The number of benzene rings is 2. The van der Waals surface area contributed by atoms with Crippen LogP contribution < -0.4 is 10.1 Å². The lowest BCUT2D eigenvalue weighted by Crippen LogP contribution is -2.28. The number of rotatable bonds is 5. The van der Waals surface area contributed by atoms with Crippen molar-refractivity contribution in [1.29, 1.82) is 0 Å². The van der Waals surface area contributed by atoms with Crippen molar-refractivity contribution in [3.05, 3.63) is 58.1 Å². The first-order valence-corrected chi connectivity index (χ1v) is 9.51. The predicted molar refractivity (Wildman–Crippen MR) is 105 cm³/mol. The summed E-state index contributed by atoms with van der Waals surface area (Å²) in [6.45, 7) is 4.00. The fraction of sp³-hybridized carbons (Fsp3) is 0.300. The second-order valence-corrected chi connectivity index (χ2v) is 6.93. The predicted octanol–water partition coefficient (Wildman–Crippen LogP) is 4.34. The Morgan fingerprint density at radius 1 is 1.15 bits per heavy atom. The zero-order chi connectivity index (χ0) is 18.5. The number of para-hydroxylation sites is 1. The maximum absolute atomic E-state index is 12.7. The molecule has 1 heterocycles. The third-order valence-electron chi connectivity index (χ3n) is 4.29. The number of nitrogens with zero attached hydrogens (tertiary/aromatic N) is 1. The maximum Gasteiger partial charge on any atom is 0.255 e. The summed E-state index contributed by atoms with van der Waals surface area (Å²) in [5.74, 6) is 0.385.